The molecule has 12 rings (SSSR count). The number of thioether (sulfide) groups is 2. The summed E-state index contributed by atoms with van der Waals surface area (Å²) in [6, 6.07) is 49.3. The highest BCUT2D eigenvalue weighted by atomic mass is 32.2. The smallest absolute Gasteiger partial charge is 0.166 e. The quantitative estimate of drug-likeness (QED) is 0.0455. The lowest BCUT2D eigenvalue weighted by Crippen LogP contribution is -2.51. The van der Waals surface area contributed by atoms with Crippen molar-refractivity contribution in [2.24, 2.45) is 17.8 Å². The number of likely N-dealkylation sites (tertiary alicyclic amines) is 3. The minimum absolute atomic E-state index is 0.0299. The second kappa shape index (κ2) is 31.6. The van der Waals surface area contributed by atoms with Gasteiger partial charge in [-0.1, -0.05) is 129 Å². The molecule has 6 aliphatic rings. The predicted molar refractivity (Wildman–Crippen MR) is 355 cm³/mol. The highest BCUT2D eigenvalue weighted by molar-refractivity contribution is 7.99. The van der Waals surface area contributed by atoms with Crippen molar-refractivity contribution in [2.75, 3.05) is 57.0 Å². The molecule has 0 aromatic heterocycles. The van der Waals surface area contributed by atoms with Gasteiger partial charge in [-0.05, 0) is 191 Å². The Kier molecular flexibility index (Phi) is 23.6. The summed E-state index contributed by atoms with van der Waals surface area (Å²) < 4.78 is 11.5. The normalized spacial score (nSPS) is 23.3. The fourth-order valence-corrected chi connectivity index (χ4v) is 16.4. The van der Waals surface area contributed by atoms with Crippen molar-refractivity contribution in [2.45, 2.75) is 161 Å². The average molecular weight is 1230 g/mol. The number of carbonyl (C=O) groups is 3. The van der Waals surface area contributed by atoms with Gasteiger partial charge in [-0.25, -0.2) is 0 Å². The monoisotopic (exact) mass is 1230 g/mol. The molecule has 462 valence electrons. The number of benzene rings is 6. The summed E-state index contributed by atoms with van der Waals surface area (Å²) in [6.45, 7) is 9.66. The van der Waals surface area contributed by atoms with E-state index < -0.39 is 10.8 Å². The number of rotatable bonds is 17. The van der Waals surface area contributed by atoms with E-state index in [1.807, 2.05) is 53.9 Å². The Balaban J connectivity index is 0.000000145. The van der Waals surface area contributed by atoms with Crippen LogP contribution in [0.3, 0.4) is 0 Å². The molecule has 0 spiro atoms. The van der Waals surface area contributed by atoms with Gasteiger partial charge in [0.05, 0.1) is 18.3 Å². The Morgan fingerprint density at radius 3 is 0.989 bits per heavy atom. The van der Waals surface area contributed by atoms with Crippen molar-refractivity contribution in [3.63, 3.8) is 0 Å². The molecule has 3 heterocycles. The molecule has 0 bridgehead atoms. The number of fused-ring (bicyclic) bond motifs is 3. The van der Waals surface area contributed by atoms with Gasteiger partial charge in [0.1, 0.15) is 0 Å². The van der Waals surface area contributed by atoms with Crippen molar-refractivity contribution >= 4 is 51.7 Å². The SMILES string of the molecule is CCCCSc1ccc(C(=O)C2CCN(C3Cc4ccccc4CC3O)CC2)cc1.CCCSc1ccc(C(=O)C2CCN(C3Cc4ccccc4CC3O)CC2)cc1.CS(=O)c1ccc(C(=O)C2CCN(C3Cc4ccccc4CC3O)CC2)cc1. The van der Waals surface area contributed by atoms with Crippen molar-refractivity contribution in [3.8, 4) is 0 Å². The van der Waals surface area contributed by atoms with Crippen LogP contribution in [0.1, 0.15) is 136 Å². The molecular formula is C74H91N3O7S3. The molecule has 6 aromatic carbocycles. The molecule has 0 saturated carbocycles. The molecule has 3 N–H and O–H groups in total. The van der Waals surface area contributed by atoms with Crippen LogP contribution in [0.15, 0.2) is 160 Å². The molecule has 3 saturated heterocycles. The maximum Gasteiger partial charge on any atom is 0.166 e. The lowest BCUT2D eigenvalue weighted by Gasteiger charge is -2.41. The molecule has 87 heavy (non-hydrogen) atoms. The number of piperidine rings is 3. The third-order valence-corrected chi connectivity index (χ3v) is 22.6. The molecule has 7 unspecified atom stereocenters. The van der Waals surface area contributed by atoms with Gasteiger partial charge in [0.2, 0.25) is 0 Å². The van der Waals surface area contributed by atoms with Crippen molar-refractivity contribution < 1.29 is 33.9 Å². The Hall–Kier alpha value is -5.06. The zero-order valence-corrected chi connectivity index (χ0v) is 53.8. The number of aliphatic hydroxyl groups is 3. The van der Waals surface area contributed by atoms with Gasteiger partial charge in [-0.2, -0.15) is 0 Å². The van der Waals surface area contributed by atoms with Crippen LogP contribution in [0.4, 0.5) is 0 Å². The summed E-state index contributed by atoms with van der Waals surface area (Å²) in [6.07, 6.45) is 14.4. The average Bonchev–Trinajstić information content (AvgIpc) is 3.47. The molecule has 3 aliphatic heterocycles. The van der Waals surface area contributed by atoms with Crippen molar-refractivity contribution in [3.05, 3.63) is 196 Å². The Morgan fingerprint density at radius 2 is 0.701 bits per heavy atom. The number of Topliss-reactive ketones (excluding diaryl/α,β-unsaturated/α-hetero) is 3. The van der Waals surface area contributed by atoms with Crippen LogP contribution in [-0.4, -0.2) is 145 Å². The van der Waals surface area contributed by atoms with E-state index in [4.69, 9.17) is 0 Å². The van der Waals surface area contributed by atoms with Crippen molar-refractivity contribution in [1.82, 2.24) is 14.7 Å². The third-order valence-electron chi connectivity index (χ3n) is 19.4. The van der Waals surface area contributed by atoms with E-state index in [1.54, 1.807) is 30.5 Å². The minimum Gasteiger partial charge on any atom is -0.391 e. The van der Waals surface area contributed by atoms with E-state index in [-0.39, 0.29) is 71.5 Å². The number of aliphatic hydroxyl groups excluding tert-OH is 3. The summed E-state index contributed by atoms with van der Waals surface area (Å²) in [5, 5.41) is 32.1. The summed E-state index contributed by atoms with van der Waals surface area (Å²) in [7, 11) is -1.02. The van der Waals surface area contributed by atoms with Gasteiger partial charge in [-0.3, -0.25) is 33.3 Å². The number of unbranched alkanes of at least 4 members (excludes halogenated alkanes) is 1. The summed E-state index contributed by atoms with van der Waals surface area (Å²) in [5.41, 5.74) is 10.3. The van der Waals surface area contributed by atoms with Gasteiger partial charge >= 0.3 is 0 Å². The van der Waals surface area contributed by atoms with Gasteiger partial charge < -0.3 is 15.3 Å². The highest BCUT2D eigenvalue weighted by Gasteiger charge is 2.38. The molecule has 10 nitrogen and oxygen atoms in total. The number of carbonyl (C=O) groups excluding carboxylic acids is 3. The standard InChI is InChI=1S/C26H33NO2S.C25H31NO2S.C23H27NO3S/c1-2-3-16-30-23-10-8-19(9-11-23)26(29)20-12-14-27(15-13-20)24-17-21-6-4-5-7-22(21)18-25(24)28;1-2-15-29-22-9-7-18(8-10-22)25(28)19-11-13-26(14-12-19)23-16-20-5-3-4-6-21(20)17-24(23)27;1-28(27)20-8-6-16(7-9-20)23(26)17-10-12-24(13-11-17)21-14-18-4-2-3-5-19(18)15-22(21)25/h4-11,20,24-25,28H,2-3,12-18H2,1H3;3-10,19,23-24,27H,2,11-17H2,1H3;2-9,17,21-22,25H,10-15H2,1H3. The molecule has 0 amide bonds. The summed E-state index contributed by atoms with van der Waals surface area (Å²) in [4.78, 5) is 49.3. The molecule has 7 atom stereocenters. The van der Waals surface area contributed by atoms with Crippen LogP contribution in [-0.2, 0) is 49.3 Å². The molecule has 6 aromatic rings. The molecular weight excluding hydrogens is 1140 g/mol. The van der Waals surface area contributed by atoms with E-state index in [0.717, 1.165) is 144 Å². The lowest BCUT2D eigenvalue weighted by atomic mass is 9.83. The first-order chi connectivity index (χ1) is 42.3. The van der Waals surface area contributed by atoms with Crippen LogP contribution in [0.2, 0.25) is 0 Å². The summed E-state index contributed by atoms with van der Waals surface area (Å²) >= 11 is 3.72. The fraction of sp³-hybridized carbons (Fsp3) is 0.473. The van der Waals surface area contributed by atoms with Crippen LogP contribution < -0.4 is 0 Å². The molecule has 3 aliphatic carbocycles. The first-order valence-electron chi connectivity index (χ1n) is 32.3. The van der Waals surface area contributed by atoms with Gasteiger partial charge in [0, 0.05) is 104 Å². The van der Waals surface area contributed by atoms with E-state index in [0.29, 0.717) is 12.0 Å². The van der Waals surface area contributed by atoms with E-state index >= 15 is 0 Å². The number of nitrogens with zero attached hydrogens (tertiary/aromatic N) is 3. The lowest BCUT2D eigenvalue weighted by molar-refractivity contribution is 0.0237. The summed E-state index contributed by atoms with van der Waals surface area (Å²) in [5.74, 6) is 3.25. The fourth-order valence-electron chi connectivity index (χ4n) is 14.1. The third kappa shape index (κ3) is 16.9. The molecule has 13 heteroatoms. The topological polar surface area (TPSA) is 139 Å². The van der Waals surface area contributed by atoms with Crippen molar-refractivity contribution in [1.29, 1.82) is 0 Å². The number of ketones is 3. The second-order valence-corrected chi connectivity index (χ2v) is 28.8. The van der Waals surface area contributed by atoms with Gasteiger partial charge in [-0.15, -0.1) is 23.5 Å². The van der Waals surface area contributed by atoms with Gasteiger partial charge in [0.25, 0.3) is 0 Å². The maximum absolute atomic E-state index is 13.0. The van der Waals surface area contributed by atoms with Gasteiger partial charge in [0.15, 0.2) is 17.3 Å². The predicted octanol–water partition coefficient (Wildman–Crippen LogP) is 12.5. The Morgan fingerprint density at radius 1 is 0.414 bits per heavy atom. The van der Waals surface area contributed by atoms with E-state index in [9.17, 15) is 33.9 Å². The zero-order valence-electron chi connectivity index (χ0n) is 51.4. The van der Waals surface area contributed by atoms with E-state index in [1.165, 1.54) is 56.0 Å². The van der Waals surface area contributed by atoms with E-state index in [2.05, 4.69) is 120 Å². The van der Waals surface area contributed by atoms with Crippen LogP contribution in [0.25, 0.3) is 0 Å². The minimum atomic E-state index is -1.02. The van der Waals surface area contributed by atoms with Crippen LogP contribution >= 0.6 is 23.5 Å². The molecule has 3 fully saturated rings. The van der Waals surface area contributed by atoms with Crippen LogP contribution in [0, 0.1) is 17.8 Å². The first-order valence-corrected chi connectivity index (χ1v) is 35.8. The highest BCUT2D eigenvalue weighted by Crippen LogP contribution is 2.34. The first kappa shape index (κ1) is 64.9. The second-order valence-electron chi connectivity index (χ2n) is 25.0. The van der Waals surface area contributed by atoms with Crippen LogP contribution in [0.5, 0.6) is 0 Å². The Bertz CT molecular complexity index is 3220. The number of hydrogen-bond donors (Lipinski definition) is 3. The largest absolute Gasteiger partial charge is 0.391 e. The zero-order chi connectivity index (χ0) is 60.8. The number of hydrogen-bond acceptors (Lipinski definition) is 12. The Labute approximate surface area is 528 Å². The maximum atomic E-state index is 13.0. The molecule has 0 radical (unpaired) electrons.